The van der Waals surface area contributed by atoms with Crippen molar-refractivity contribution in [2.24, 2.45) is 5.41 Å². The van der Waals surface area contributed by atoms with Crippen molar-refractivity contribution >= 4 is 16.8 Å². The fourth-order valence-corrected chi connectivity index (χ4v) is 2.02. The lowest BCUT2D eigenvalue weighted by Crippen LogP contribution is -2.45. The Morgan fingerprint density at radius 2 is 2.24 bits per heavy atom. The topological polar surface area (TPSA) is 47.3 Å². The third-order valence-corrected chi connectivity index (χ3v) is 3.11. The van der Waals surface area contributed by atoms with Gasteiger partial charge in [-0.3, -0.25) is 0 Å². The molecule has 0 saturated carbocycles. The summed E-state index contributed by atoms with van der Waals surface area (Å²) in [7, 11) is 0. The molecule has 1 aromatic carbocycles. The molecule has 4 heteroatoms. The van der Waals surface area contributed by atoms with E-state index in [1.54, 1.807) is 0 Å². The summed E-state index contributed by atoms with van der Waals surface area (Å²) in [5, 5.41) is 3.43. The Kier molecular flexibility index (Phi) is 2.33. The molecule has 0 radical (unpaired) electrons. The first-order valence-corrected chi connectivity index (χ1v) is 5.84. The fraction of sp³-hybridized carbons (Fsp3) is 0.462. The van der Waals surface area contributed by atoms with Gasteiger partial charge in [0.15, 0.2) is 11.5 Å². The predicted molar refractivity (Wildman–Crippen MR) is 66.2 cm³/mol. The molecular weight excluding hydrogens is 216 g/mol. The number of benzene rings is 1. The summed E-state index contributed by atoms with van der Waals surface area (Å²) in [5.74, 6) is 0.705. The average Bonchev–Trinajstić information content (AvgIpc) is 2.63. The normalized spacial score (nSPS) is 18.0. The molecule has 0 bridgehead atoms. The summed E-state index contributed by atoms with van der Waals surface area (Å²) >= 11 is 0. The maximum atomic E-state index is 5.44. The second-order valence-electron chi connectivity index (χ2n) is 5.07. The molecule has 90 valence electrons. The van der Waals surface area contributed by atoms with Crippen LogP contribution in [0.15, 0.2) is 22.6 Å². The molecule has 0 spiro atoms. The minimum Gasteiger partial charge on any atom is -0.441 e. The first kappa shape index (κ1) is 10.6. The van der Waals surface area contributed by atoms with Crippen molar-refractivity contribution in [3.8, 4) is 0 Å². The van der Waals surface area contributed by atoms with Gasteiger partial charge in [-0.1, -0.05) is 6.92 Å². The van der Waals surface area contributed by atoms with Gasteiger partial charge >= 0.3 is 0 Å². The van der Waals surface area contributed by atoms with Crippen molar-refractivity contribution in [1.29, 1.82) is 0 Å². The quantitative estimate of drug-likeness (QED) is 0.883. The van der Waals surface area contributed by atoms with Crippen LogP contribution in [0.1, 0.15) is 12.8 Å². The lowest BCUT2D eigenvalue weighted by Gasteiger charge is -2.38. The molecule has 1 fully saturated rings. The van der Waals surface area contributed by atoms with Gasteiger partial charge in [0.25, 0.3) is 0 Å². The van der Waals surface area contributed by atoms with Crippen LogP contribution in [0.4, 0.5) is 5.69 Å². The number of rotatable bonds is 3. The number of aromatic nitrogens is 1. The van der Waals surface area contributed by atoms with Crippen molar-refractivity contribution in [3.63, 3.8) is 0 Å². The highest BCUT2D eigenvalue weighted by molar-refractivity contribution is 5.77. The Hall–Kier alpha value is -1.55. The minimum absolute atomic E-state index is 0.273. The first-order chi connectivity index (χ1) is 8.15. The largest absolute Gasteiger partial charge is 0.441 e. The third-order valence-electron chi connectivity index (χ3n) is 3.11. The second kappa shape index (κ2) is 3.74. The molecule has 1 aliphatic rings. The zero-order valence-electron chi connectivity index (χ0n) is 10.1. The van der Waals surface area contributed by atoms with Crippen LogP contribution in [0.3, 0.4) is 0 Å². The Labute approximate surface area is 100.0 Å². The van der Waals surface area contributed by atoms with Crippen molar-refractivity contribution < 1.29 is 9.15 Å². The monoisotopic (exact) mass is 232 g/mol. The molecule has 1 aromatic heterocycles. The highest BCUT2D eigenvalue weighted by Crippen LogP contribution is 2.27. The summed E-state index contributed by atoms with van der Waals surface area (Å²) < 4.78 is 10.7. The lowest BCUT2D eigenvalue weighted by molar-refractivity contribution is -0.0924. The fourth-order valence-electron chi connectivity index (χ4n) is 2.02. The number of ether oxygens (including phenoxy) is 1. The number of fused-ring (bicyclic) bond motifs is 1. The summed E-state index contributed by atoms with van der Waals surface area (Å²) in [4.78, 5) is 4.32. The van der Waals surface area contributed by atoms with Crippen LogP contribution in [-0.4, -0.2) is 24.7 Å². The van der Waals surface area contributed by atoms with Crippen molar-refractivity contribution in [2.45, 2.75) is 13.8 Å². The van der Waals surface area contributed by atoms with Gasteiger partial charge in [0, 0.05) is 24.6 Å². The van der Waals surface area contributed by atoms with E-state index in [4.69, 9.17) is 9.15 Å². The van der Waals surface area contributed by atoms with Gasteiger partial charge in [-0.15, -0.1) is 0 Å². The van der Waals surface area contributed by atoms with Crippen LogP contribution < -0.4 is 5.32 Å². The average molecular weight is 232 g/mol. The Bertz CT molecular complexity index is 543. The zero-order chi connectivity index (χ0) is 11.9. The van der Waals surface area contributed by atoms with Crippen molar-refractivity contribution in [3.05, 3.63) is 24.1 Å². The summed E-state index contributed by atoms with van der Waals surface area (Å²) in [5.41, 5.74) is 3.10. The van der Waals surface area contributed by atoms with Gasteiger partial charge < -0.3 is 14.5 Å². The highest BCUT2D eigenvalue weighted by Gasteiger charge is 2.32. The molecular formula is C13H16N2O2. The molecule has 3 rings (SSSR count). The van der Waals surface area contributed by atoms with E-state index in [0.717, 1.165) is 36.5 Å². The predicted octanol–water partition coefficient (Wildman–Crippen LogP) is 2.58. The van der Waals surface area contributed by atoms with E-state index < -0.39 is 0 Å². The van der Waals surface area contributed by atoms with Gasteiger partial charge in [-0.25, -0.2) is 4.98 Å². The molecule has 2 aromatic rings. The smallest absolute Gasteiger partial charge is 0.192 e. The minimum atomic E-state index is 0.273. The standard InChI is InChI=1S/C13H16N2O2/c1-9-15-11-5-10(3-4-12(11)17-9)14-6-13(2)7-16-8-13/h3-5,14H,6-8H2,1-2H3. The maximum absolute atomic E-state index is 5.44. The molecule has 2 heterocycles. The Balaban J connectivity index is 1.76. The number of hydrogen-bond acceptors (Lipinski definition) is 4. The number of nitrogens with zero attached hydrogens (tertiary/aromatic N) is 1. The molecule has 0 atom stereocenters. The lowest BCUT2D eigenvalue weighted by atomic mass is 9.89. The molecule has 1 saturated heterocycles. The van der Waals surface area contributed by atoms with Crippen LogP contribution >= 0.6 is 0 Å². The molecule has 1 aliphatic heterocycles. The summed E-state index contributed by atoms with van der Waals surface area (Å²) in [6.45, 7) is 6.69. The summed E-state index contributed by atoms with van der Waals surface area (Å²) in [6, 6.07) is 6.00. The van der Waals surface area contributed by atoms with Crippen LogP contribution in [0.2, 0.25) is 0 Å². The van der Waals surface area contributed by atoms with Crippen molar-refractivity contribution in [2.75, 3.05) is 25.1 Å². The second-order valence-corrected chi connectivity index (χ2v) is 5.07. The van der Waals surface area contributed by atoms with Crippen molar-refractivity contribution in [1.82, 2.24) is 4.98 Å². The SMILES string of the molecule is Cc1nc2cc(NCC3(C)COC3)ccc2o1. The number of nitrogens with one attached hydrogen (secondary N) is 1. The maximum Gasteiger partial charge on any atom is 0.192 e. The molecule has 0 amide bonds. The molecule has 17 heavy (non-hydrogen) atoms. The number of oxazole rings is 1. The van der Waals surface area contributed by atoms with E-state index in [1.165, 1.54) is 0 Å². The third kappa shape index (κ3) is 2.00. The molecule has 0 unspecified atom stereocenters. The van der Waals surface area contributed by atoms with E-state index in [9.17, 15) is 0 Å². The van der Waals surface area contributed by atoms with Gasteiger partial charge in [0.1, 0.15) is 5.52 Å². The number of aryl methyl sites for hydroxylation is 1. The van der Waals surface area contributed by atoms with Crippen LogP contribution in [0.5, 0.6) is 0 Å². The van der Waals surface area contributed by atoms with Gasteiger partial charge in [0.05, 0.1) is 13.2 Å². The van der Waals surface area contributed by atoms with Crippen LogP contribution in [0, 0.1) is 12.3 Å². The van der Waals surface area contributed by atoms with Gasteiger partial charge in [-0.05, 0) is 18.2 Å². The molecule has 4 nitrogen and oxygen atoms in total. The summed E-state index contributed by atoms with van der Waals surface area (Å²) in [6.07, 6.45) is 0. The van der Waals surface area contributed by atoms with E-state index >= 15 is 0 Å². The highest BCUT2D eigenvalue weighted by atomic mass is 16.5. The molecule has 0 aliphatic carbocycles. The zero-order valence-corrected chi connectivity index (χ0v) is 10.1. The van der Waals surface area contributed by atoms with E-state index in [1.807, 2.05) is 25.1 Å². The Morgan fingerprint density at radius 1 is 1.41 bits per heavy atom. The van der Waals surface area contributed by atoms with E-state index in [0.29, 0.717) is 5.89 Å². The van der Waals surface area contributed by atoms with Crippen LogP contribution in [0.25, 0.3) is 11.1 Å². The number of anilines is 1. The van der Waals surface area contributed by atoms with Gasteiger partial charge in [-0.2, -0.15) is 0 Å². The van der Waals surface area contributed by atoms with Crippen LogP contribution in [-0.2, 0) is 4.74 Å². The number of hydrogen-bond donors (Lipinski definition) is 1. The Morgan fingerprint density at radius 3 is 2.94 bits per heavy atom. The first-order valence-electron chi connectivity index (χ1n) is 5.84. The molecule has 1 N–H and O–H groups in total. The van der Waals surface area contributed by atoms with E-state index in [2.05, 4.69) is 17.2 Å². The van der Waals surface area contributed by atoms with Gasteiger partial charge in [0.2, 0.25) is 0 Å². The van der Waals surface area contributed by atoms with E-state index in [-0.39, 0.29) is 5.41 Å².